The van der Waals surface area contributed by atoms with Crippen LogP contribution in [0.25, 0.3) is 10.9 Å². The molecule has 8 heteroatoms. The Morgan fingerprint density at radius 2 is 1.70 bits per heavy atom. The monoisotopic (exact) mass is 478 g/mol. The van der Waals surface area contributed by atoms with Gasteiger partial charge in [0.15, 0.2) is 0 Å². The number of hydrogen-bond acceptors (Lipinski definition) is 6. The number of para-hydroxylation sites is 2. The molecule has 0 fully saturated rings. The SMILES string of the molecule is COC(=O)c1cc(S(=O)(=O)N(SCc2ccc3ccccc3n2)c2ccccc2)ccc1C. The maximum Gasteiger partial charge on any atom is 0.338 e. The molecular formula is C25H22N2O4S2. The molecule has 3 aromatic carbocycles. The molecule has 168 valence electrons. The van der Waals surface area contributed by atoms with Crippen LogP contribution in [0.3, 0.4) is 0 Å². The molecule has 0 unspecified atom stereocenters. The van der Waals surface area contributed by atoms with Gasteiger partial charge < -0.3 is 4.74 Å². The Labute approximate surface area is 197 Å². The predicted molar refractivity (Wildman–Crippen MR) is 132 cm³/mol. The molecule has 0 saturated heterocycles. The number of esters is 1. The van der Waals surface area contributed by atoms with Crippen molar-refractivity contribution in [3.63, 3.8) is 0 Å². The van der Waals surface area contributed by atoms with Crippen LogP contribution in [0, 0.1) is 6.92 Å². The van der Waals surface area contributed by atoms with Crippen molar-refractivity contribution in [2.24, 2.45) is 0 Å². The molecule has 0 atom stereocenters. The molecule has 4 rings (SSSR count). The molecule has 4 aromatic rings. The van der Waals surface area contributed by atoms with Crippen molar-refractivity contribution in [1.82, 2.24) is 4.98 Å². The number of rotatable bonds is 7. The minimum atomic E-state index is -3.99. The van der Waals surface area contributed by atoms with Gasteiger partial charge in [-0.25, -0.2) is 16.9 Å². The lowest BCUT2D eigenvalue weighted by atomic mass is 10.1. The van der Waals surface area contributed by atoms with Crippen molar-refractivity contribution >= 4 is 44.5 Å². The Bertz CT molecular complexity index is 1410. The van der Waals surface area contributed by atoms with Crippen molar-refractivity contribution in [3.8, 4) is 0 Å². The van der Waals surface area contributed by atoms with Crippen molar-refractivity contribution in [2.75, 3.05) is 10.8 Å². The number of carbonyl (C=O) groups excluding carboxylic acids is 1. The van der Waals surface area contributed by atoms with Crippen LogP contribution in [0.1, 0.15) is 21.6 Å². The lowest BCUT2D eigenvalue weighted by Gasteiger charge is -2.23. The Morgan fingerprint density at radius 1 is 0.970 bits per heavy atom. The van der Waals surface area contributed by atoms with Crippen LogP contribution in [0.5, 0.6) is 0 Å². The normalized spacial score (nSPS) is 11.3. The quantitative estimate of drug-likeness (QED) is 0.262. The van der Waals surface area contributed by atoms with Gasteiger partial charge in [0.25, 0.3) is 10.0 Å². The van der Waals surface area contributed by atoms with Crippen LogP contribution < -0.4 is 3.71 Å². The first-order chi connectivity index (χ1) is 15.9. The zero-order valence-electron chi connectivity index (χ0n) is 18.1. The van der Waals surface area contributed by atoms with Crippen LogP contribution in [-0.2, 0) is 20.5 Å². The molecule has 0 saturated carbocycles. The molecule has 33 heavy (non-hydrogen) atoms. The van der Waals surface area contributed by atoms with E-state index in [1.165, 1.54) is 23.0 Å². The Morgan fingerprint density at radius 3 is 2.45 bits per heavy atom. The van der Waals surface area contributed by atoms with E-state index in [1.54, 1.807) is 37.3 Å². The second-order valence-electron chi connectivity index (χ2n) is 7.30. The van der Waals surface area contributed by atoms with Crippen LogP contribution in [-0.4, -0.2) is 26.5 Å². The van der Waals surface area contributed by atoms with E-state index in [0.29, 0.717) is 17.0 Å². The third-order valence-electron chi connectivity index (χ3n) is 5.08. The summed E-state index contributed by atoms with van der Waals surface area (Å²) in [4.78, 5) is 16.8. The summed E-state index contributed by atoms with van der Waals surface area (Å²) in [5.41, 5.74) is 2.97. The Kier molecular flexibility index (Phi) is 6.67. The Hall–Kier alpha value is -3.36. The third-order valence-corrected chi connectivity index (χ3v) is 8.36. The largest absolute Gasteiger partial charge is 0.465 e. The minimum Gasteiger partial charge on any atom is -0.465 e. The summed E-state index contributed by atoms with van der Waals surface area (Å²) < 4.78 is 33.4. The second kappa shape index (κ2) is 9.64. The van der Waals surface area contributed by atoms with Gasteiger partial charge in [-0.05, 0) is 60.8 Å². The van der Waals surface area contributed by atoms with E-state index in [0.717, 1.165) is 28.5 Å². The number of nitrogens with zero attached hydrogens (tertiary/aromatic N) is 2. The van der Waals surface area contributed by atoms with E-state index in [9.17, 15) is 13.2 Å². The van der Waals surface area contributed by atoms with Crippen LogP contribution in [0.4, 0.5) is 5.69 Å². The summed E-state index contributed by atoms with van der Waals surface area (Å²) >= 11 is 1.13. The molecule has 0 aliphatic carbocycles. The lowest BCUT2D eigenvalue weighted by Crippen LogP contribution is -2.25. The molecule has 0 radical (unpaired) electrons. The summed E-state index contributed by atoms with van der Waals surface area (Å²) in [6.45, 7) is 1.73. The molecule has 0 spiro atoms. The van der Waals surface area contributed by atoms with Gasteiger partial charge in [0.2, 0.25) is 0 Å². The zero-order chi connectivity index (χ0) is 23.4. The van der Waals surface area contributed by atoms with E-state index in [-0.39, 0.29) is 10.5 Å². The zero-order valence-corrected chi connectivity index (χ0v) is 19.8. The topological polar surface area (TPSA) is 76.6 Å². The number of anilines is 1. The maximum atomic E-state index is 13.7. The van der Waals surface area contributed by atoms with E-state index in [1.807, 2.05) is 42.5 Å². The fraction of sp³-hybridized carbons (Fsp3) is 0.120. The standard InChI is InChI=1S/C25H22N2O4S2/c1-18-12-15-22(16-23(18)25(28)31-2)33(29,30)27(21-9-4-3-5-10-21)32-17-20-14-13-19-8-6-7-11-24(19)26-20/h3-16H,17H2,1-2H3. The van der Waals surface area contributed by atoms with Crippen molar-refractivity contribution in [3.05, 3.63) is 102 Å². The molecule has 0 bridgehead atoms. The number of sulfonamides is 1. The molecular weight excluding hydrogens is 456 g/mol. The number of ether oxygens (including phenoxy) is 1. The number of carbonyl (C=O) groups is 1. The molecule has 0 amide bonds. The number of hydrogen-bond donors (Lipinski definition) is 0. The number of methoxy groups -OCH3 is 1. The van der Waals surface area contributed by atoms with Gasteiger partial charge in [0.1, 0.15) is 0 Å². The van der Waals surface area contributed by atoms with Crippen LogP contribution in [0.15, 0.2) is 89.8 Å². The first kappa shape index (κ1) is 22.8. The second-order valence-corrected chi connectivity index (χ2v) is 10.2. The molecule has 0 aliphatic heterocycles. The fourth-order valence-corrected chi connectivity index (χ4v) is 6.08. The van der Waals surface area contributed by atoms with Gasteiger partial charge in [-0.3, -0.25) is 4.98 Å². The average molecular weight is 479 g/mol. The number of pyridine rings is 1. The highest BCUT2D eigenvalue weighted by atomic mass is 32.3. The van der Waals surface area contributed by atoms with Crippen LogP contribution in [0.2, 0.25) is 0 Å². The van der Waals surface area contributed by atoms with Gasteiger partial charge in [-0.15, -0.1) is 0 Å². The van der Waals surface area contributed by atoms with Gasteiger partial charge in [-0.1, -0.05) is 48.5 Å². The number of fused-ring (bicyclic) bond motifs is 1. The lowest BCUT2D eigenvalue weighted by molar-refractivity contribution is 0.0599. The van der Waals surface area contributed by atoms with E-state index < -0.39 is 16.0 Å². The van der Waals surface area contributed by atoms with Crippen LogP contribution >= 0.6 is 11.9 Å². The third kappa shape index (κ3) is 4.86. The summed E-state index contributed by atoms with van der Waals surface area (Å²) in [5.74, 6) is -0.238. The van der Waals surface area contributed by atoms with Gasteiger partial charge in [-0.2, -0.15) is 0 Å². The summed E-state index contributed by atoms with van der Waals surface area (Å²) in [6, 6.07) is 25.0. The Balaban J connectivity index is 1.70. The van der Waals surface area contributed by atoms with Crippen molar-refractivity contribution in [1.29, 1.82) is 0 Å². The van der Waals surface area contributed by atoms with Gasteiger partial charge >= 0.3 is 5.97 Å². The van der Waals surface area contributed by atoms with Crippen molar-refractivity contribution < 1.29 is 17.9 Å². The van der Waals surface area contributed by atoms with Crippen molar-refractivity contribution in [2.45, 2.75) is 17.6 Å². The highest BCUT2D eigenvalue weighted by Crippen LogP contribution is 2.33. The number of benzene rings is 3. The van der Waals surface area contributed by atoms with E-state index >= 15 is 0 Å². The molecule has 0 N–H and O–H groups in total. The number of aryl methyl sites for hydroxylation is 1. The van der Waals surface area contributed by atoms with E-state index in [2.05, 4.69) is 4.98 Å². The molecule has 1 heterocycles. The average Bonchev–Trinajstić information content (AvgIpc) is 2.84. The number of aromatic nitrogens is 1. The first-order valence-electron chi connectivity index (χ1n) is 10.2. The summed E-state index contributed by atoms with van der Waals surface area (Å²) in [7, 11) is -2.72. The fourth-order valence-electron chi connectivity index (χ4n) is 3.33. The van der Waals surface area contributed by atoms with Gasteiger partial charge in [0.05, 0.1) is 40.2 Å². The molecule has 6 nitrogen and oxygen atoms in total. The van der Waals surface area contributed by atoms with E-state index in [4.69, 9.17) is 4.74 Å². The highest BCUT2D eigenvalue weighted by Gasteiger charge is 2.27. The summed E-state index contributed by atoms with van der Waals surface area (Å²) in [6.07, 6.45) is 0. The van der Waals surface area contributed by atoms with Gasteiger partial charge in [0, 0.05) is 5.39 Å². The minimum absolute atomic E-state index is 0.0105. The maximum absolute atomic E-state index is 13.7. The molecule has 0 aliphatic rings. The summed E-state index contributed by atoms with van der Waals surface area (Å²) in [5, 5.41) is 1.02. The highest BCUT2D eigenvalue weighted by molar-refractivity contribution is 8.14. The predicted octanol–water partition coefficient (Wildman–Crippen LogP) is 5.37. The molecule has 1 aromatic heterocycles. The first-order valence-corrected chi connectivity index (χ1v) is 12.6. The smallest absolute Gasteiger partial charge is 0.338 e.